The van der Waals surface area contributed by atoms with E-state index in [0.717, 1.165) is 15.7 Å². The van der Waals surface area contributed by atoms with Gasteiger partial charge in [0.1, 0.15) is 12.9 Å². The molecule has 0 fully saturated rings. The summed E-state index contributed by atoms with van der Waals surface area (Å²) in [7, 11) is 0. The number of carboxylic acid groups (broad SMARTS) is 1. The molecule has 0 amide bonds. The molecule has 0 aliphatic heterocycles. The van der Waals surface area contributed by atoms with Crippen LogP contribution in [0.3, 0.4) is 0 Å². The zero-order chi connectivity index (χ0) is 26.1. The second-order valence-electron chi connectivity index (χ2n) is 7.38. The number of aliphatic hydroxyl groups is 1. The lowest BCUT2D eigenvalue weighted by atomic mass is 10.2. The summed E-state index contributed by atoms with van der Waals surface area (Å²) in [6, 6.07) is 9.84. The largest absolute Gasteiger partial charge is 0.478 e. The van der Waals surface area contributed by atoms with Gasteiger partial charge in [-0.1, -0.05) is 29.3 Å². The second-order valence-corrected chi connectivity index (χ2v) is 8.23. The van der Waals surface area contributed by atoms with Gasteiger partial charge in [-0.3, -0.25) is 0 Å². The zero-order valence-electron chi connectivity index (χ0n) is 17.8. The lowest BCUT2D eigenvalue weighted by Crippen LogP contribution is -2.35. The number of aliphatic hydroxyl groups excluding tert-OH is 1. The third-order valence-electron chi connectivity index (χ3n) is 5.04. The van der Waals surface area contributed by atoms with Crippen molar-refractivity contribution in [2.24, 2.45) is 0 Å². The molecule has 36 heavy (non-hydrogen) atoms. The van der Waals surface area contributed by atoms with Crippen molar-refractivity contribution in [3.05, 3.63) is 80.7 Å². The Bertz CT molecular complexity index is 1470. The van der Waals surface area contributed by atoms with Crippen molar-refractivity contribution in [1.29, 1.82) is 0 Å². The molecule has 4 aromatic rings. The lowest BCUT2D eigenvalue weighted by Gasteiger charge is -2.16. The van der Waals surface area contributed by atoms with Crippen LogP contribution in [-0.2, 0) is 6.54 Å². The average molecular weight is 543 g/mol. The van der Waals surface area contributed by atoms with Crippen LogP contribution in [0, 0.1) is 0 Å². The summed E-state index contributed by atoms with van der Waals surface area (Å²) in [5.41, 5.74) is -1.13. The summed E-state index contributed by atoms with van der Waals surface area (Å²) in [6.07, 6.45) is -7.92. The van der Waals surface area contributed by atoms with E-state index in [1.807, 2.05) is 0 Å². The number of benzene rings is 2. The van der Waals surface area contributed by atoms with E-state index in [1.54, 1.807) is 0 Å². The van der Waals surface area contributed by atoms with Gasteiger partial charge in [-0.15, -0.1) is 10.2 Å². The fourth-order valence-corrected chi connectivity index (χ4v) is 3.73. The molecule has 0 saturated heterocycles. The van der Waals surface area contributed by atoms with Crippen molar-refractivity contribution >= 4 is 29.2 Å². The second kappa shape index (κ2) is 10.1. The summed E-state index contributed by atoms with van der Waals surface area (Å²) in [5, 5.41) is 27.6. The highest BCUT2D eigenvalue weighted by molar-refractivity contribution is 6.33. The molecule has 0 saturated carbocycles. The molecule has 188 valence electrons. The van der Waals surface area contributed by atoms with Gasteiger partial charge in [0.15, 0.2) is 17.8 Å². The van der Waals surface area contributed by atoms with Crippen molar-refractivity contribution in [2.45, 2.75) is 25.4 Å². The SMILES string of the molecule is O=C(O)c1cccc(Cl)c1-n1cnc(Cn2nc(-c3ccc(Cl)cc3)n(C(F)[C@@H](O)C(F)F)c2=O)n1. The van der Waals surface area contributed by atoms with Crippen LogP contribution in [0.1, 0.15) is 22.5 Å². The molecule has 0 aliphatic rings. The molecule has 10 nitrogen and oxygen atoms in total. The number of hydrogen-bond acceptors (Lipinski definition) is 6. The summed E-state index contributed by atoms with van der Waals surface area (Å²) in [6.45, 7) is -0.441. The number of rotatable bonds is 8. The molecular weight excluding hydrogens is 528 g/mol. The lowest BCUT2D eigenvalue weighted by molar-refractivity contribution is -0.0723. The van der Waals surface area contributed by atoms with E-state index in [1.165, 1.54) is 42.5 Å². The number of nitrogens with zero attached hydrogens (tertiary/aromatic N) is 6. The Morgan fingerprint density at radius 3 is 2.39 bits per heavy atom. The molecule has 0 aliphatic carbocycles. The Morgan fingerprint density at radius 1 is 1.06 bits per heavy atom. The van der Waals surface area contributed by atoms with E-state index >= 15 is 0 Å². The third kappa shape index (κ3) is 4.85. The highest BCUT2D eigenvalue weighted by Crippen LogP contribution is 2.26. The molecule has 0 radical (unpaired) electrons. The molecule has 15 heteroatoms. The Morgan fingerprint density at radius 2 is 1.75 bits per heavy atom. The molecule has 2 N–H and O–H groups in total. The van der Waals surface area contributed by atoms with E-state index < -0.39 is 37.0 Å². The number of para-hydroxylation sites is 1. The van der Waals surface area contributed by atoms with Crippen LogP contribution in [-0.4, -0.2) is 57.8 Å². The molecule has 0 bridgehead atoms. The van der Waals surface area contributed by atoms with E-state index in [4.69, 9.17) is 23.2 Å². The number of aromatic nitrogens is 6. The van der Waals surface area contributed by atoms with Crippen molar-refractivity contribution in [2.75, 3.05) is 0 Å². The van der Waals surface area contributed by atoms with Crippen LogP contribution in [0.4, 0.5) is 13.2 Å². The van der Waals surface area contributed by atoms with Crippen LogP contribution in [0.2, 0.25) is 10.0 Å². The summed E-state index contributed by atoms with van der Waals surface area (Å²) < 4.78 is 43.0. The van der Waals surface area contributed by atoms with Gasteiger partial charge >= 0.3 is 11.7 Å². The Labute approximate surface area is 209 Å². The minimum absolute atomic E-state index is 0.0222. The van der Waals surface area contributed by atoms with Crippen LogP contribution >= 0.6 is 23.2 Å². The molecule has 4 rings (SSSR count). The number of aromatic carboxylic acids is 1. The van der Waals surface area contributed by atoms with Gasteiger partial charge in [-0.25, -0.2) is 41.7 Å². The van der Waals surface area contributed by atoms with E-state index in [-0.39, 0.29) is 33.5 Å². The van der Waals surface area contributed by atoms with Crippen molar-refractivity contribution in [3.8, 4) is 17.1 Å². The topological polar surface area (TPSA) is 128 Å². The van der Waals surface area contributed by atoms with Crippen LogP contribution in [0.25, 0.3) is 17.1 Å². The van der Waals surface area contributed by atoms with E-state index in [2.05, 4.69) is 15.2 Å². The van der Waals surface area contributed by atoms with Crippen molar-refractivity contribution < 1.29 is 28.2 Å². The number of hydrogen-bond donors (Lipinski definition) is 2. The Kier molecular flexibility index (Phi) is 7.15. The van der Waals surface area contributed by atoms with Gasteiger partial charge in [0.25, 0.3) is 6.43 Å². The van der Waals surface area contributed by atoms with Gasteiger partial charge in [-0.05, 0) is 36.4 Å². The Balaban J connectivity index is 1.76. The monoisotopic (exact) mass is 542 g/mol. The maximum absolute atomic E-state index is 14.9. The van der Waals surface area contributed by atoms with Gasteiger partial charge in [0.2, 0.25) is 6.30 Å². The first-order valence-electron chi connectivity index (χ1n) is 10.1. The van der Waals surface area contributed by atoms with E-state index in [9.17, 15) is 33.0 Å². The fraction of sp³-hybridized carbons (Fsp3) is 0.190. The van der Waals surface area contributed by atoms with Crippen LogP contribution < -0.4 is 5.69 Å². The fourth-order valence-electron chi connectivity index (χ4n) is 3.35. The maximum Gasteiger partial charge on any atom is 0.349 e. The summed E-state index contributed by atoms with van der Waals surface area (Å²) in [4.78, 5) is 28.5. The molecule has 1 unspecified atom stereocenters. The van der Waals surface area contributed by atoms with Gasteiger partial charge in [-0.2, -0.15) is 0 Å². The van der Waals surface area contributed by atoms with Crippen molar-refractivity contribution in [3.63, 3.8) is 0 Å². The third-order valence-corrected chi connectivity index (χ3v) is 5.59. The number of alkyl halides is 3. The minimum Gasteiger partial charge on any atom is -0.478 e. The van der Waals surface area contributed by atoms with Gasteiger partial charge < -0.3 is 10.2 Å². The predicted molar refractivity (Wildman–Crippen MR) is 122 cm³/mol. The van der Waals surface area contributed by atoms with Crippen LogP contribution in [0.15, 0.2) is 53.6 Å². The number of carboxylic acids is 1. The normalized spacial score (nSPS) is 13.2. The molecule has 2 heterocycles. The first-order valence-corrected chi connectivity index (χ1v) is 10.8. The zero-order valence-corrected chi connectivity index (χ0v) is 19.4. The highest BCUT2D eigenvalue weighted by Gasteiger charge is 2.33. The molecular formula is C21H15Cl2F3N6O4. The first kappa shape index (κ1) is 25.4. The molecule has 2 aromatic carbocycles. The molecule has 2 aromatic heterocycles. The average Bonchev–Trinajstić information content (AvgIpc) is 3.43. The van der Waals surface area contributed by atoms with Gasteiger partial charge in [0.05, 0.1) is 16.3 Å². The molecule has 0 spiro atoms. The predicted octanol–water partition coefficient (Wildman–Crippen LogP) is 3.44. The Hall–Kier alpha value is -3.68. The molecule has 2 atom stereocenters. The number of halogens is 5. The minimum atomic E-state index is -3.47. The van der Waals surface area contributed by atoms with Crippen molar-refractivity contribution in [1.82, 2.24) is 29.1 Å². The first-order chi connectivity index (χ1) is 17.1. The summed E-state index contributed by atoms with van der Waals surface area (Å²) >= 11 is 12.0. The van der Waals surface area contributed by atoms with Crippen LogP contribution in [0.5, 0.6) is 0 Å². The standard InChI is InChI=1S/C21H15Cl2F3N6O4/c22-11-6-4-10(5-7-11)19-29-30(21(36)32(19)18(26)16(33)17(24)25)8-14-27-9-31(28-14)15-12(20(34)35)2-1-3-13(15)23/h1-7,9,16-18,33H,8H2,(H,34,35)/t16-,18?/m0/s1. The maximum atomic E-state index is 14.9. The quantitative estimate of drug-likeness (QED) is 0.349. The smallest absolute Gasteiger partial charge is 0.349 e. The van der Waals surface area contributed by atoms with E-state index in [0.29, 0.717) is 9.59 Å². The van der Waals surface area contributed by atoms with Gasteiger partial charge in [0, 0.05) is 10.6 Å². The highest BCUT2D eigenvalue weighted by atomic mass is 35.5. The summed E-state index contributed by atoms with van der Waals surface area (Å²) in [5.74, 6) is -1.66. The number of carbonyl (C=O) groups is 1.